The van der Waals surface area contributed by atoms with Crippen LogP contribution in [-0.2, 0) is 85.7 Å². The number of hydrogen-bond donors (Lipinski definition) is 6. The molecule has 1 fully saturated rings. The van der Waals surface area contributed by atoms with Crippen molar-refractivity contribution in [3.63, 3.8) is 0 Å². The van der Waals surface area contributed by atoms with Crippen molar-refractivity contribution in [1.82, 2.24) is 41.1 Å². The van der Waals surface area contributed by atoms with E-state index in [0.717, 1.165) is 54.3 Å². The van der Waals surface area contributed by atoms with Crippen molar-refractivity contribution in [1.29, 1.82) is 0 Å². The van der Waals surface area contributed by atoms with Crippen LogP contribution in [0, 0.1) is 0 Å². The zero-order valence-corrected chi connectivity index (χ0v) is 73.3. The minimum atomic E-state index is -0.933. The monoisotopic (exact) mass is 1710 g/mol. The van der Waals surface area contributed by atoms with Crippen LogP contribution in [0.4, 0.5) is 46.2 Å². The number of halogens is 1. The van der Waals surface area contributed by atoms with Gasteiger partial charge in [-0.05, 0) is 222 Å². The molecule has 122 heavy (non-hydrogen) atoms. The number of nitrogens with two attached hydrogens (primary N) is 2. The maximum atomic E-state index is 13.2. The van der Waals surface area contributed by atoms with Crippen LogP contribution in [0.25, 0.3) is 34.0 Å². The second-order valence-corrected chi connectivity index (χ2v) is 34.2. The molecule has 0 spiro atoms. The Kier molecular flexibility index (Phi) is 37.5. The van der Waals surface area contributed by atoms with Gasteiger partial charge < -0.3 is 83.6 Å². The number of carboxylic acid groups (broad SMARTS) is 2. The second kappa shape index (κ2) is 44.9. The van der Waals surface area contributed by atoms with Gasteiger partial charge in [0.1, 0.15) is 39.4 Å². The average Bonchev–Trinajstić information content (AvgIpc) is 1.67. The lowest BCUT2D eigenvalue weighted by atomic mass is 9.79. The predicted molar refractivity (Wildman–Crippen MR) is 464 cm³/mol. The third-order valence-electron chi connectivity index (χ3n) is 16.0. The molecule has 6 aromatic heterocycles. The molecule has 0 saturated carbocycles. The van der Waals surface area contributed by atoms with Crippen LogP contribution < -0.4 is 37.4 Å². The van der Waals surface area contributed by atoms with Gasteiger partial charge in [-0.25, -0.2) is 43.7 Å². The van der Waals surface area contributed by atoms with Gasteiger partial charge in [0.25, 0.3) is 12.9 Å². The molecule has 3 aromatic carbocycles. The molecule has 6 amide bonds. The maximum Gasteiger partial charge on any atom is 0.494 e. The van der Waals surface area contributed by atoms with E-state index >= 15 is 0 Å². The Morgan fingerprint density at radius 3 is 1.06 bits per heavy atom. The topological polar surface area (TPSA) is 450 Å². The summed E-state index contributed by atoms with van der Waals surface area (Å²) in [7, 11) is -0.372. The number of nitrogens with one attached hydrogen (secondary N) is 2. The summed E-state index contributed by atoms with van der Waals surface area (Å²) < 4.78 is 60.6. The fourth-order valence-corrected chi connectivity index (χ4v) is 10.3. The molecule has 8 N–H and O–H groups in total. The van der Waals surface area contributed by atoms with Crippen molar-refractivity contribution < 1.29 is 101 Å². The number of nitrogen functional groups attached to an aromatic ring is 1. The van der Waals surface area contributed by atoms with Crippen LogP contribution in [0.3, 0.4) is 0 Å². The highest BCUT2D eigenvalue weighted by Gasteiger charge is 2.52. The Morgan fingerprint density at radius 2 is 0.746 bits per heavy atom. The van der Waals surface area contributed by atoms with Crippen LogP contribution in [-0.4, -0.2) is 142 Å². The van der Waals surface area contributed by atoms with E-state index in [-0.39, 0.29) is 57.6 Å². The predicted octanol–water partition coefficient (Wildman–Crippen LogP) is 17.8. The number of nitrogens with zero attached hydrogens (tertiary/aromatic N) is 8. The van der Waals surface area contributed by atoms with Gasteiger partial charge in [-0.3, -0.25) is 9.59 Å². The molecule has 662 valence electrons. The highest BCUT2D eigenvalue weighted by atomic mass is 35.5. The van der Waals surface area contributed by atoms with Gasteiger partial charge in [0.05, 0.1) is 50.9 Å². The third kappa shape index (κ3) is 34.5. The van der Waals surface area contributed by atoms with Crippen LogP contribution in [0.15, 0.2) is 160 Å². The first-order chi connectivity index (χ1) is 56.3. The first-order valence-electron chi connectivity index (χ1n) is 38.3. The van der Waals surface area contributed by atoms with Crippen molar-refractivity contribution >= 4 is 91.1 Å². The SMILES string of the molecule is C.CC(C)(C)OC(=O)N(C(=O)OC(C)(C)C)c1ncccc1-c1cc(CCl)no1.CC(C)(C)OC(=O)NCc1ccc(B2OC(C)(C)C(C)(C)O2)cc1.CC(C)(C)OC(=O)NCc1ccc(Cc2cc(-c3cccnc3N(C(=O)OC(C)(C)C)C(=O)OC(C)(C)C)on2)cc1.NCc1ccc(Cc2cc(-c3cccnc3N)on2)cc1.O=CO.O=CO.[2HH]. The Bertz CT molecular complexity index is 4790. The molecule has 0 bridgehead atoms. The highest BCUT2D eigenvalue weighted by Crippen LogP contribution is 2.38. The van der Waals surface area contributed by atoms with E-state index in [4.69, 9.17) is 94.2 Å². The lowest BCUT2D eigenvalue weighted by molar-refractivity contribution is -0.123. The number of carbonyl (C=O) groups excluding carboxylic acids is 6. The average molecular weight is 1720 g/mol. The number of amides is 6. The molecule has 0 aliphatic carbocycles. The van der Waals surface area contributed by atoms with E-state index in [0.29, 0.717) is 78.1 Å². The number of imide groups is 2. The molecule has 0 unspecified atom stereocenters. The number of benzene rings is 3. The molecule has 1 aliphatic heterocycles. The largest absolute Gasteiger partial charge is 0.494 e. The van der Waals surface area contributed by atoms with Crippen molar-refractivity contribution in [2.75, 3.05) is 15.5 Å². The minimum Gasteiger partial charge on any atom is -0.483 e. The Labute approximate surface area is 719 Å². The van der Waals surface area contributed by atoms with E-state index in [1.54, 1.807) is 126 Å². The van der Waals surface area contributed by atoms with E-state index in [2.05, 4.69) is 53.2 Å². The molecule has 1 aliphatic rings. The molecule has 0 radical (unpaired) electrons. The summed E-state index contributed by atoms with van der Waals surface area (Å²) in [5, 5.41) is 31.4. The Hall–Kier alpha value is -12.3. The zero-order chi connectivity index (χ0) is 90.7. The molecular weight excluding hydrogens is 1600 g/mol. The molecule has 0 atom stereocenters. The quantitative estimate of drug-likeness (QED) is 0.0226. The summed E-state index contributed by atoms with van der Waals surface area (Å²) in [6.45, 7) is 40.2. The minimum absolute atomic E-state index is 0. The van der Waals surface area contributed by atoms with Crippen LogP contribution in [0.1, 0.15) is 206 Å². The normalized spacial score (nSPS) is 12.6. The van der Waals surface area contributed by atoms with Crippen molar-refractivity contribution in [2.24, 2.45) is 5.73 Å². The van der Waals surface area contributed by atoms with Gasteiger partial charge in [0.15, 0.2) is 28.9 Å². The molecule has 10 rings (SSSR count). The fourth-order valence-electron chi connectivity index (χ4n) is 10.2. The number of anilines is 3. The standard InChI is InChI=1S/C31H40N4O7.C19H24ClN3O5.C18H28BNO4.C16H16N4O.2CH2O2.CH4.H2/c1-29(2,3)39-26(36)33-19-21-14-12-20(13-15-21)17-22-18-24(42-34-22)23-11-10-16-32-25(23)35(27(37)40-30(4,5)6)28(38)41-31(7,8)9;1-18(2,3)26-16(24)23(17(25)27-19(4,5)6)15-13(8-7-9-21-15)14-10-12(11-20)22-28-14;1-16(2,3)22-15(21)20-12-13-8-10-14(11-9-13)19-23-17(4,5)18(6,7)24-19;17-10-12-5-3-11(4-6-12)8-13-9-15(21-20-13)14-2-1-7-19-16(14)18;2*2-1-3;;/h10-16,18H,17,19H2,1-9H3,(H,33,36);7-10H,11H2,1-6H3;8-11H,12H2,1-7H3,(H,20,21);1-7,9H,8,10,17H2,(H2,18,19);2*1H,(H,2,3);1H4;1H/i;;;;;;;1+1. The van der Waals surface area contributed by atoms with Crippen LogP contribution >= 0.6 is 11.6 Å². The summed E-state index contributed by atoms with van der Waals surface area (Å²) in [6, 6.07) is 39.2. The zero-order valence-electron chi connectivity index (χ0n) is 72.6. The van der Waals surface area contributed by atoms with E-state index in [1.807, 2.05) is 148 Å². The highest BCUT2D eigenvalue weighted by molar-refractivity contribution is 6.62. The van der Waals surface area contributed by atoms with Gasteiger partial charge in [0.2, 0.25) is 0 Å². The summed E-state index contributed by atoms with van der Waals surface area (Å²) in [4.78, 5) is 106. The fraction of sp³-hybridized carbons (Fsp3) is 0.425. The number of rotatable bonds is 16. The summed E-state index contributed by atoms with van der Waals surface area (Å²) in [5.41, 5.74) is 15.8. The van der Waals surface area contributed by atoms with Gasteiger partial charge in [0, 0.05) is 70.7 Å². The van der Waals surface area contributed by atoms with Crippen molar-refractivity contribution in [2.45, 2.75) is 243 Å². The Balaban J connectivity index is 0.000000425. The first kappa shape index (κ1) is 102. The van der Waals surface area contributed by atoms with Crippen LogP contribution in [0.2, 0.25) is 0 Å². The van der Waals surface area contributed by atoms with Crippen molar-refractivity contribution in [3.05, 3.63) is 191 Å². The van der Waals surface area contributed by atoms with E-state index in [1.165, 1.54) is 12.4 Å². The van der Waals surface area contributed by atoms with E-state index in [9.17, 15) is 28.8 Å². The van der Waals surface area contributed by atoms with Gasteiger partial charge in [-0.2, -0.15) is 9.80 Å². The van der Waals surface area contributed by atoms with E-state index < -0.39 is 70.2 Å². The summed E-state index contributed by atoms with van der Waals surface area (Å²) >= 11 is 5.78. The molecule has 33 nitrogen and oxygen atoms in total. The maximum absolute atomic E-state index is 13.2. The molecule has 1 saturated heterocycles. The number of carbonyl (C=O) groups is 8. The van der Waals surface area contributed by atoms with Gasteiger partial charge in [-0.15, -0.1) is 11.6 Å². The number of pyridine rings is 3. The number of ether oxygens (including phenoxy) is 6. The van der Waals surface area contributed by atoms with Crippen LogP contribution in [0.5, 0.6) is 0 Å². The molecular formula is C87H118BClN12O21. The lowest BCUT2D eigenvalue weighted by Crippen LogP contribution is -2.44. The number of hydrogen-bond acceptors (Lipinski definition) is 27. The third-order valence-corrected chi connectivity index (χ3v) is 16.3. The first-order valence-corrected chi connectivity index (χ1v) is 38.8. The smallest absolute Gasteiger partial charge is 0.483 e. The molecule has 7 heterocycles. The Morgan fingerprint density at radius 1 is 0.459 bits per heavy atom. The lowest BCUT2D eigenvalue weighted by Gasteiger charge is -2.32. The van der Waals surface area contributed by atoms with Gasteiger partial charge >= 0.3 is 43.7 Å². The van der Waals surface area contributed by atoms with Crippen molar-refractivity contribution in [3.8, 4) is 34.0 Å². The summed E-state index contributed by atoms with van der Waals surface area (Å²) in [6.07, 6.45) is 1.11. The molecule has 9 aromatic rings. The van der Waals surface area contributed by atoms with Gasteiger partial charge in [-0.1, -0.05) is 95.7 Å². The summed E-state index contributed by atoms with van der Waals surface area (Å²) in [5.74, 6) is 1.83. The second-order valence-electron chi connectivity index (χ2n) is 33.9. The number of alkyl halides is 1. The number of aromatic nitrogens is 6. The molecule has 35 heteroatoms. The number of alkyl carbamates (subject to hydrolysis) is 2.